The van der Waals surface area contributed by atoms with Crippen LogP contribution < -0.4 is 4.74 Å². The van der Waals surface area contributed by atoms with Crippen LogP contribution in [-0.4, -0.2) is 35.6 Å². The number of carbonyl (C=O) groups is 1. The average molecular weight is 325 g/mol. The molecule has 0 aliphatic rings. The van der Waals surface area contributed by atoms with Crippen LogP contribution in [0.25, 0.3) is 0 Å². The molecule has 2 aromatic rings. The number of benzene rings is 2. The third-order valence-corrected chi connectivity index (χ3v) is 4.00. The van der Waals surface area contributed by atoms with E-state index in [-0.39, 0.29) is 11.9 Å². The standard InChI is InChI=1S/C20H23NO3/c1-4-14-24-18-12-10-17(11-13-18)20(23)21(3)15(2)19(22)16-8-6-5-7-9-16/h4-13,15,19,22H,1,14H2,2-3H3. The Balaban J connectivity index is 2.06. The summed E-state index contributed by atoms with van der Waals surface area (Å²) in [7, 11) is 1.70. The van der Waals surface area contributed by atoms with Crippen molar-refractivity contribution in [2.75, 3.05) is 13.7 Å². The van der Waals surface area contributed by atoms with Crippen LogP contribution in [0.2, 0.25) is 0 Å². The number of aliphatic hydroxyl groups excluding tert-OH is 1. The summed E-state index contributed by atoms with van der Waals surface area (Å²) in [6, 6.07) is 15.9. The van der Waals surface area contributed by atoms with Crippen LogP contribution in [0.4, 0.5) is 0 Å². The van der Waals surface area contributed by atoms with Crippen molar-refractivity contribution in [3.63, 3.8) is 0 Å². The van der Waals surface area contributed by atoms with Gasteiger partial charge in [0.1, 0.15) is 12.4 Å². The zero-order valence-electron chi connectivity index (χ0n) is 14.1. The highest BCUT2D eigenvalue weighted by atomic mass is 16.5. The van der Waals surface area contributed by atoms with Crippen LogP contribution in [0.1, 0.15) is 28.9 Å². The molecule has 2 aromatic carbocycles. The molecule has 4 nitrogen and oxygen atoms in total. The van der Waals surface area contributed by atoms with E-state index in [4.69, 9.17) is 4.74 Å². The molecular weight excluding hydrogens is 302 g/mol. The van der Waals surface area contributed by atoms with E-state index in [1.165, 1.54) is 0 Å². The first-order valence-electron chi connectivity index (χ1n) is 7.88. The fourth-order valence-electron chi connectivity index (χ4n) is 2.38. The van der Waals surface area contributed by atoms with E-state index in [2.05, 4.69) is 6.58 Å². The molecule has 126 valence electrons. The van der Waals surface area contributed by atoms with Gasteiger partial charge in [-0.1, -0.05) is 43.0 Å². The quantitative estimate of drug-likeness (QED) is 0.793. The number of aliphatic hydroxyl groups is 1. The molecule has 0 aromatic heterocycles. The Morgan fingerprint density at radius 1 is 1.21 bits per heavy atom. The molecule has 0 bridgehead atoms. The number of nitrogens with zero attached hydrogens (tertiary/aromatic N) is 1. The van der Waals surface area contributed by atoms with Crippen molar-refractivity contribution in [3.8, 4) is 5.75 Å². The number of hydrogen-bond donors (Lipinski definition) is 1. The molecule has 0 heterocycles. The van der Waals surface area contributed by atoms with Gasteiger partial charge in [0.15, 0.2) is 0 Å². The fraction of sp³-hybridized carbons (Fsp3) is 0.250. The molecule has 0 aliphatic heterocycles. The van der Waals surface area contributed by atoms with Gasteiger partial charge in [0.25, 0.3) is 5.91 Å². The minimum absolute atomic E-state index is 0.146. The Kier molecular flexibility index (Phi) is 6.15. The Hall–Kier alpha value is -2.59. The summed E-state index contributed by atoms with van der Waals surface area (Å²) in [6.45, 7) is 5.85. The molecule has 0 aliphatic carbocycles. The van der Waals surface area contributed by atoms with E-state index in [1.807, 2.05) is 37.3 Å². The fourth-order valence-corrected chi connectivity index (χ4v) is 2.38. The molecule has 1 amide bonds. The van der Waals surface area contributed by atoms with Gasteiger partial charge in [0, 0.05) is 12.6 Å². The third-order valence-electron chi connectivity index (χ3n) is 4.00. The van der Waals surface area contributed by atoms with E-state index in [0.717, 1.165) is 5.56 Å². The van der Waals surface area contributed by atoms with Crippen molar-refractivity contribution in [1.29, 1.82) is 0 Å². The second-order valence-corrected chi connectivity index (χ2v) is 5.64. The molecular formula is C20H23NO3. The molecule has 2 atom stereocenters. The first kappa shape index (κ1) is 17.8. The van der Waals surface area contributed by atoms with Crippen molar-refractivity contribution < 1.29 is 14.6 Å². The minimum atomic E-state index is -0.740. The van der Waals surface area contributed by atoms with Crippen molar-refractivity contribution in [3.05, 3.63) is 78.4 Å². The Labute approximate surface area is 143 Å². The van der Waals surface area contributed by atoms with Crippen LogP contribution in [0.5, 0.6) is 5.75 Å². The summed E-state index contributed by atoms with van der Waals surface area (Å²) in [5.74, 6) is 0.541. The molecule has 0 saturated heterocycles. The number of rotatable bonds is 7. The molecule has 0 fully saturated rings. The summed E-state index contributed by atoms with van der Waals surface area (Å²) >= 11 is 0. The van der Waals surface area contributed by atoms with Gasteiger partial charge in [-0.05, 0) is 36.8 Å². The first-order valence-corrected chi connectivity index (χ1v) is 7.88. The highest BCUT2D eigenvalue weighted by Gasteiger charge is 2.24. The van der Waals surface area contributed by atoms with E-state index >= 15 is 0 Å². The molecule has 2 rings (SSSR count). The van der Waals surface area contributed by atoms with E-state index in [1.54, 1.807) is 42.3 Å². The van der Waals surface area contributed by atoms with Crippen LogP contribution >= 0.6 is 0 Å². The minimum Gasteiger partial charge on any atom is -0.490 e. The summed E-state index contributed by atoms with van der Waals surface area (Å²) in [4.78, 5) is 14.2. The number of ether oxygens (including phenoxy) is 1. The predicted molar refractivity (Wildman–Crippen MR) is 95.1 cm³/mol. The molecule has 0 radical (unpaired) electrons. The molecule has 0 spiro atoms. The summed E-state index contributed by atoms with van der Waals surface area (Å²) in [5, 5.41) is 10.5. The van der Waals surface area contributed by atoms with Crippen molar-refractivity contribution in [2.24, 2.45) is 0 Å². The molecule has 2 unspecified atom stereocenters. The van der Waals surface area contributed by atoms with Crippen LogP contribution in [0.3, 0.4) is 0 Å². The predicted octanol–water partition coefficient (Wildman–Crippen LogP) is 3.45. The van der Waals surface area contributed by atoms with E-state index in [0.29, 0.717) is 17.9 Å². The second kappa shape index (κ2) is 8.31. The number of likely N-dealkylation sites (N-methyl/N-ethyl adjacent to an activating group) is 1. The zero-order chi connectivity index (χ0) is 17.5. The SMILES string of the molecule is C=CCOc1ccc(C(=O)N(C)C(C)C(O)c2ccccc2)cc1. The average Bonchev–Trinajstić information content (AvgIpc) is 2.65. The van der Waals surface area contributed by atoms with Crippen LogP contribution in [0, 0.1) is 0 Å². The molecule has 24 heavy (non-hydrogen) atoms. The normalized spacial score (nSPS) is 13.0. The molecule has 4 heteroatoms. The van der Waals surface area contributed by atoms with Gasteiger partial charge in [-0.15, -0.1) is 0 Å². The highest BCUT2D eigenvalue weighted by molar-refractivity contribution is 5.94. The highest BCUT2D eigenvalue weighted by Crippen LogP contribution is 2.22. The lowest BCUT2D eigenvalue weighted by Gasteiger charge is -2.29. The Bertz CT molecular complexity index is 667. The van der Waals surface area contributed by atoms with Gasteiger partial charge in [-0.25, -0.2) is 0 Å². The lowest BCUT2D eigenvalue weighted by molar-refractivity contribution is 0.0487. The summed E-state index contributed by atoms with van der Waals surface area (Å²) in [5.41, 5.74) is 1.34. The van der Waals surface area contributed by atoms with Crippen LogP contribution in [0.15, 0.2) is 67.3 Å². The Morgan fingerprint density at radius 2 is 1.83 bits per heavy atom. The topological polar surface area (TPSA) is 49.8 Å². The van der Waals surface area contributed by atoms with Crippen molar-refractivity contribution >= 4 is 5.91 Å². The Morgan fingerprint density at radius 3 is 2.42 bits per heavy atom. The smallest absolute Gasteiger partial charge is 0.253 e. The lowest BCUT2D eigenvalue weighted by Crippen LogP contribution is -2.39. The largest absolute Gasteiger partial charge is 0.490 e. The van der Waals surface area contributed by atoms with Crippen molar-refractivity contribution in [2.45, 2.75) is 19.1 Å². The van der Waals surface area contributed by atoms with Gasteiger partial charge >= 0.3 is 0 Å². The first-order chi connectivity index (χ1) is 11.5. The molecule has 1 N–H and O–H groups in total. The maximum absolute atomic E-state index is 12.6. The van der Waals surface area contributed by atoms with Gasteiger partial charge in [-0.3, -0.25) is 4.79 Å². The second-order valence-electron chi connectivity index (χ2n) is 5.64. The lowest BCUT2D eigenvalue weighted by atomic mass is 10.0. The number of carbonyl (C=O) groups excluding carboxylic acids is 1. The maximum Gasteiger partial charge on any atom is 0.253 e. The van der Waals surface area contributed by atoms with Gasteiger partial charge in [0.2, 0.25) is 0 Å². The summed E-state index contributed by atoms with van der Waals surface area (Å²) < 4.78 is 5.41. The summed E-state index contributed by atoms with van der Waals surface area (Å²) in [6.07, 6.45) is 0.926. The van der Waals surface area contributed by atoms with E-state index < -0.39 is 6.10 Å². The van der Waals surface area contributed by atoms with Gasteiger partial charge in [0.05, 0.1) is 12.1 Å². The van der Waals surface area contributed by atoms with Gasteiger partial charge in [-0.2, -0.15) is 0 Å². The monoisotopic (exact) mass is 325 g/mol. The molecule has 0 saturated carbocycles. The van der Waals surface area contributed by atoms with Crippen LogP contribution in [-0.2, 0) is 0 Å². The van der Waals surface area contributed by atoms with E-state index in [9.17, 15) is 9.90 Å². The third kappa shape index (κ3) is 4.24. The maximum atomic E-state index is 12.6. The van der Waals surface area contributed by atoms with Crippen molar-refractivity contribution in [1.82, 2.24) is 4.90 Å². The van der Waals surface area contributed by atoms with Gasteiger partial charge < -0.3 is 14.7 Å². The number of amides is 1. The number of hydrogen-bond acceptors (Lipinski definition) is 3. The zero-order valence-corrected chi connectivity index (χ0v) is 14.1.